The van der Waals surface area contributed by atoms with Crippen molar-refractivity contribution in [3.63, 3.8) is 0 Å². The van der Waals surface area contributed by atoms with Crippen LogP contribution in [0, 0.1) is 5.82 Å². The maximum Gasteiger partial charge on any atom is 0.178 e. The monoisotopic (exact) mass is 283 g/mol. The lowest BCUT2D eigenvalue weighted by Crippen LogP contribution is -2.22. The zero-order valence-electron chi connectivity index (χ0n) is 10.2. The van der Waals surface area contributed by atoms with Crippen molar-refractivity contribution in [2.24, 2.45) is 0 Å². The first-order valence-electron chi connectivity index (χ1n) is 5.61. The van der Waals surface area contributed by atoms with Gasteiger partial charge in [0.05, 0.1) is 0 Å². The fraction of sp³-hybridized carbons (Fsp3) is 0.333. The Labute approximate surface area is 114 Å². The molecule has 0 aliphatic heterocycles. The third-order valence-corrected chi connectivity index (χ3v) is 4.16. The predicted octanol–water partition coefficient (Wildman–Crippen LogP) is 3.33. The van der Waals surface area contributed by atoms with Gasteiger partial charge in [-0.15, -0.1) is 10.2 Å². The van der Waals surface area contributed by atoms with Gasteiger partial charge in [-0.2, -0.15) is 0 Å². The number of rotatable bonds is 5. The van der Waals surface area contributed by atoms with Crippen LogP contribution < -0.4 is 5.32 Å². The van der Waals surface area contributed by atoms with Crippen LogP contribution >= 0.6 is 23.1 Å². The van der Waals surface area contributed by atoms with E-state index >= 15 is 0 Å². The second kappa shape index (κ2) is 6.26. The molecule has 0 unspecified atom stereocenters. The van der Waals surface area contributed by atoms with Gasteiger partial charge in [-0.3, -0.25) is 0 Å². The van der Waals surface area contributed by atoms with Crippen molar-refractivity contribution in [2.75, 3.05) is 0 Å². The number of halogens is 1. The van der Waals surface area contributed by atoms with Crippen LogP contribution in [-0.2, 0) is 6.54 Å². The molecule has 0 amide bonds. The molecular formula is C12H14FN3S2. The zero-order valence-corrected chi connectivity index (χ0v) is 11.8. The number of nitrogens with zero attached hydrogens (tertiary/aromatic N) is 2. The smallest absolute Gasteiger partial charge is 0.178 e. The van der Waals surface area contributed by atoms with Crippen molar-refractivity contribution in [2.45, 2.75) is 35.7 Å². The van der Waals surface area contributed by atoms with E-state index in [9.17, 15) is 4.39 Å². The third kappa shape index (κ3) is 3.76. The van der Waals surface area contributed by atoms with Crippen LogP contribution in [0.5, 0.6) is 0 Å². The van der Waals surface area contributed by atoms with Crippen LogP contribution in [0.15, 0.2) is 32.9 Å². The molecule has 6 heteroatoms. The topological polar surface area (TPSA) is 37.8 Å². The Hall–Kier alpha value is -0.980. The largest absolute Gasteiger partial charge is 0.310 e. The second-order valence-electron chi connectivity index (χ2n) is 4.09. The summed E-state index contributed by atoms with van der Waals surface area (Å²) in [7, 11) is 0. The minimum atomic E-state index is -0.211. The van der Waals surface area contributed by atoms with Crippen molar-refractivity contribution >= 4 is 23.1 Å². The molecular weight excluding hydrogens is 269 g/mol. The van der Waals surface area contributed by atoms with Crippen LogP contribution in [0.4, 0.5) is 4.39 Å². The molecule has 0 fully saturated rings. The highest BCUT2D eigenvalue weighted by Gasteiger charge is 2.08. The number of hydrogen-bond acceptors (Lipinski definition) is 5. The molecule has 1 aromatic heterocycles. The van der Waals surface area contributed by atoms with Gasteiger partial charge >= 0.3 is 0 Å². The van der Waals surface area contributed by atoms with Crippen molar-refractivity contribution in [3.8, 4) is 0 Å². The number of hydrogen-bond donors (Lipinski definition) is 1. The summed E-state index contributed by atoms with van der Waals surface area (Å²) in [6.45, 7) is 4.78. The molecule has 1 N–H and O–H groups in total. The van der Waals surface area contributed by atoms with Gasteiger partial charge in [0.15, 0.2) is 4.34 Å². The lowest BCUT2D eigenvalue weighted by atomic mass is 10.2. The fourth-order valence-electron chi connectivity index (χ4n) is 1.40. The average molecular weight is 283 g/mol. The zero-order chi connectivity index (χ0) is 13.0. The van der Waals surface area contributed by atoms with Crippen LogP contribution in [0.3, 0.4) is 0 Å². The van der Waals surface area contributed by atoms with Gasteiger partial charge in [-0.05, 0) is 23.8 Å². The Bertz CT molecular complexity index is 500. The van der Waals surface area contributed by atoms with E-state index in [-0.39, 0.29) is 5.82 Å². The first-order chi connectivity index (χ1) is 8.65. The summed E-state index contributed by atoms with van der Waals surface area (Å²) < 4.78 is 14.2. The Kier molecular flexibility index (Phi) is 4.68. The van der Waals surface area contributed by atoms with Crippen LogP contribution in [0.1, 0.15) is 19.4 Å². The van der Waals surface area contributed by atoms with E-state index in [0.29, 0.717) is 12.6 Å². The molecule has 3 nitrogen and oxygen atoms in total. The molecule has 2 aromatic rings. The van der Waals surface area contributed by atoms with E-state index in [1.165, 1.54) is 29.2 Å². The highest BCUT2D eigenvalue weighted by molar-refractivity contribution is 8.01. The fourth-order valence-corrected chi connectivity index (χ4v) is 2.95. The van der Waals surface area contributed by atoms with Crippen molar-refractivity contribution in [3.05, 3.63) is 35.1 Å². The molecule has 0 aliphatic rings. The summed E-state index contributed by atoms with van der Waals surface area (Å²) in [5, 5.41) is 11.1. The maximum absolute atomic E-state index is 13.3. The van der Waals surface area contributed by atoms with Crippen LogP contribution in [0.2, 0.25) is 0 Å². The maximum atomic E-state index is 13.3. The van der Waals surface area contributed by atoms with E-state index in [1.807, 2.05) is 0 Å². The van der Waals surface area contributed by atoms with E-state index < -0.39 is 0 Å². The molecule has 0 saturated carbocycles. The van der Waals surface area contributed by atoms with E-state index in [1.54, 1.807) is 17.6 Å². The van der Waals surface area contributed by atoms with Crippen LogP contribution in [0.25, 0.3) is 0 Å². The molecule has 2 rings (SSSR count). The summed E-state index contributed by atoms with van der Waals surface area (Å²) in [5.41, 5.74) is 2.64. The van der Waals surface area contributed by atoms with Crippen molar-refractivity contribution < 1.29 is 4.39 Å². The van der Waals surface area contributed by atoms with Crippen molar-refractivity contribution in [1.29, 1.82) is 0 Å². The minimum absolute atomic E-state index is 0.211. The van der Waals surface area contributed by atoms with Gasteiger partial charge < -0.3 is 5.32 Å². The second-order valence-corrected chi connectivity index (χ2v) is 6.22. The first-order valence-corrected chi connectivity index (χ1v) is 7.30. The molecule has 18 heavy (non-hydrogen) atoms. The molecule has 0 bridgehead atoms. The molecule has 0 saturated heterocycles. The van der Waals surface area contributed by atoms with Gasteiger partial charge in [0.2, 0.25) is 0 Å². The molecule has 0 spiro atoms. The summed E-state index contributed by atoms with van der Waals surface area (Å²) in [4.78, 5) is 1.02. The van der Waals surface area contributed by atoms with Crippen LogP contribution in [-0.4, -0.2) is 16.2 Å². The lowest BCUT2D eigenvalue weighted by Gasteiger charge is -2.11. The Balaban J connectivity index is 2.17. The molecule has 0 aliphatic carbocycles. The number of nitrogens with one attached hydrogen (secondary N) is 1. The van der Waals surface area contributed by atoms with Crippen molar-refractivity contribution in [1.82, 2.24) is 15.5 Å². The van der Waals surface area contributed by atoms with Gasteiger partial charge in [0.25, 0.3) is 0 Å². The predicted molar refractivity (Wildman–Crippen MR) is 72.4 cm³/mol. The van der Waals surface area contributed by atoms with Gasteiger partial charge in [-0.25, -0.2) is 4.39 Å². The number of aromatic nitrogens is 2. The van der Waals surface area contributed by atoms with E-state index in [4.69, 9.17) is 0 Å². The average Bonchev–Trinajstić information content (AvgIpc) is 2.82. The van der Waals surface area contributed by atoms with Gasteiger partial charge in [0, 0.05) is 17.5 Å². The quantitative estimate of drug-likeness (QED) is 0.913. The summed E-state index contributed by atoms with van der Waals surface area (Å²) in [5.74, 6) is -0.211. The molecule has 0 atom stereocenters. The minimum Gasteiger partial charge on any atom is -0.310 e. The highest BCUT2D eigenvalue weighted by Crippen LogP contribution is 2.31. The number of benzene rings is 1. The lowest BCUT2D eigenvalue weighted by molar-refractivity contribution is 0.576. The first kappa shape index (κ1) is 13.5. The Morgan fingerprint density at radius 3 is 2.94 bits per heavy atom. The van der Waals surface area contributed by atoms with Gasteiger partial charge in [-0.1, -0.05) is 36.9 Å². The summed E-state index contributed by atoms with van der Waals surface area (Å²) in [6.07, 6.45) is 0. The molecule has 1 heterocycles. The standard InChI is InChI=1S/C12H14FN3S2/c1-8(2)14-6-9-5-10(13)3-4-11(9)18-12-16-15-7-17-12/h3-5,7-8,14H,6H2,1-2H3. The Morgan fingerprint density at radius 1 is 1.44 bits per heavy atom. The van der Waals surface area contributed by atoms with E-state index in [0.717, 1.165) is 14.8 Å². The molecule has 0 radical (unpaired) electrons. The molecule has 96 valence electrons. The SMILES string of the molecule is CC(C)NCc1cc(F)ccc1Sc1nncs1. The van der Waals surface area contributed by atoms with E-state index in [2.05, 4.69) is 29.4 Å². The Morgan fingerprint density at radius 2 is 2.28 bits per heavy atom. The normalized spacial score (nSPS) is 11.1. The summed E-state index contributed by atoms with van der Waals surface area (Å²) >= 11 is 3.00. The summed E-state index contributed by atoms with van der Waals surface area (Å²) in [6, 6.07) is 5.20. The highest BCUT2D eigenvalue weighted by atomic mass is 32.2. The van der Waals surface area contributed by atoms with Gasteiger partial charge in [0.1, 0.15) is 11.3 Å². The molecule has 1 aromatic carbocycles. The third-order valence-electron chi connectivity index (χ3n) is 2.26.